The molecule has 0 bridgehead atoms. The first-order chi connectivity index (χ1) is 13.4. The molecule has 2 aromatic rings. The number of imide groups is 1. The summed E-state index contributed by atoms with van der Waals surface area (Å²) >= 11 is 0. The molecule has 3 rings (SSSR count). The van der Waals surface area contributed by atoms with Crippen LogP contribution in [0.3, 0.4) is 0 Å². The highest BCUT2D eigenvalue weighted by atomic mass is 19.1. The van der Waals surface area contributed by atoms with Crippen LogP contribution in [0.25, 0.3) is 0 Å². The second-order valence-corrected chi connectivity index (χ2v) is 6.58. The van der Waals surface area contributed by atoms with Gasteiger partial charge in [0.25, 0.3) is 5.91 Å². The predicted molar refractivity (Wildman–Crippen MR) is 97.4 cm³/mol. The third-order valence-corrected chi connectivity index (χ3v) is 4.37. The summed E-state index contributed by atoms with van der Waals surface area (Å²) in [6.07, 6.45) is 0.981. The van der Waals surface area contributed by atoms with Gasteiger partial charge in [-0.3, -0.25) is 10.1 Å². The molecule has 1 aliphatic rings. The Morgan fingerprint density at radius 1 is 1.11 bits per heavy atom. The average Bonchev–Trinajstić information content (AvgIpc) is 2.92. The van der Waals surface area contributed by atoms with Crippen molar-refractivity contribution in [3.05, 3.63) is 59.9 Å². The van der Waals surface area contributed by atoms with Crippen LogP contribution in [0.2, 0.25) is 0 Å². The van der Waals surface area contributed by atoms with Crippen LogP contribution in [0.15, 0.2) is 48.5 Å². The van der Waals surface area contributed by atoms with Gasteiger partial charge in [0.1, 0.15) is 11.3 Å². The van der Waals surface area contributed by atoms with Gasteiger partial charge >= 0.3 is 12.0 Å². The van der Waals surface area contributed by atoms with Crippen LogP contribution in [-0.4, -0.2) is 30.1 Å². The van der Waals surface area contributed by atoms with Gasteiger partial charge in [0.15, 0.2) is 18.2 Å². The zero-order chi connectivity index (χ0) is 20.1. The minimum Gasteiger partial charge on any atom is -0.479 e. The number of hydrogen-bond donors (Lipinski definition) is 2. The van der Waals surface area contributed by atoms with Gasteiger partial charge in [-0.05, 0) is 49.6 Å². The number of carbonyl (C=O) groups excluding carboxylic acids is 3. The van der Waals surface area contributed by atoms with Crippen LogP contribution in [0, 0.1) is 5.82 Å². The summed E-state index contributed by atoms with van der Waals surface area (Å²) < 4.78 is 23.7. The maximum atomic E-state index is 13.4. The van der Waals surface area contributed by atoms with Gasteiger partial charge in [-0.1, -0.05) is 24.3 Å². The average molecular weight is 386 g/mol. The van der Waals surface area contributed by atoms with Crippen molar-refractivity contribution in [2.45, 2.75) is 25.3 Å². The Hall–Kier alpha value is -3.42. The van der Waals surface area contributed by atoms with E-state index in [-0.39, 0.29) is 11.7 Å². The first-order valence-corrected chi connectivity index (χ1v) is 8.66. The number of halogens is 1. The van der Waals surface area contributed by atoms with Crippen LogP contribution in [0.5, 0.6) is 11.5 Å². The van der Waals surface area contributed by atoms with Crippen LogP contribution in [0.4, 0.5) is 9.18 Å². The Labute approximate surface area is 160 Å². The quantitative estimate of drug-likeness (QED) is 0.433. The van der Waals surface area contributed by atoms with Crippen LogP contribution < -0.4 is 20.1 Å². The lowest BCUT2D eigenvalue weighted by Gasteiger charge is -2.20. The first-order valence-electron chi connectivity index (χ1n) is 8.66. The van der Waals surface area contributed by atoms with E-state index in [1.807, 2.05) is 0 Å². The molecule has 1 fully saturated rings. The molecule has 28 heavy (non-hydrogen) atoms. The van der Waals surface area contributed by atoms with E-state index in [0.29, 0.717) is 18.6 Å². The van der Waals surface area contributed by atoms with E-state index in [0.717, 1.165) is 5.56 Å². The highest BCUT2D eigenvalue weighted by Gasteiger charge is 2.41. The van der Waals surface area contributed by atoms with Crippen molar-refractivity contribution in [2.24, 2.45) is 0 Å². The third kappa shape index (κ3) is 4.64. The normalized spacial score (nSPS) is 18.4. The fourth-order valence-corrected chi connectivity index (χ4v) is 2.73. The molecule has 0 spiro atoms. The maximum Gasteiger partial charge on any atom is 0.349 e. The molecule has 1 atom stereocenters. The molecule has 1 saturated heterocycles. The zero-order valence-corrected chi connectivity index (χ0v) is 15.2. The largest absolute Gasteiger partial charge is 0.479 e. The summed E-state index contributed by atoms with van der Waals surface area (Å²) in [5, 5.41) is 4.83. The monoisotopic (exact) mass is 386 g/mol. The van der Waals surface area contributed by atoms with E-state index >= 15 is 0 Å². The highest BCUT2D eigenvalue weighted by Crippen LogP contribution is 2.20. The van der Waals surface area contributed by atoms with E-state index in [2.05, 4.69) is 10.6 Å². The summed E-state index contributed by atoms with van der Waals surface area (Å²) in [6, 6.07) is 12.0. The maximum absolute atomic E-state index is 13.4. The number of nitrogens with one attached hydrogen (secondary N) is 2. The standard InChI is InChI=1S/C20H19FN2O5/c1-20(18(25)22-19(26)23-20)11-10-13-6-8-14(9-7-13)28-17(24)12-27-16-5-3-2-4-15(16)21/h2-9H,10-12H2,1H3,(H2,22,23,25,26)/t20-/m0/s1. The lowest BCUT2D eigenvalue weighted by molar-refractivity contribution is -0.136. The van der Waals surface area contributed by atoms with Gasteiger partial charge in [-0.15, -0.1) is 0 Å². The minimum absolute atomic E-state index is 0.0219. The van der Waals surface area contributed by atoms with E-state index in [9.17, 15) is 18.8 Å². The number of hydrogen-bond acceptors (Lipinski definition) is 5. The molecule has 0 radical (unpaired) electrons. The molecule has 7 nitrogen and oxygen atoms in total. The van der Waals surface area contributed by atoms with Gasteiger partial charge in [0, 0.05) is 0 Å². The number of carbonyl (C=O) groups is 3. The fraction of sp³-hybridized carbons (Fsp3) is 0.250. The molecule has 0 aromatic heterocycles. The van der Waals surface area contributed by atoms with Gasteiger partial charge in [-0.25, -0.2) is 14.0 Å². The molecule has 8 heteroatoms. The summed E-state index contributed by atoms with van der Waals surface area (Å²) in [5.74, 6) is -1.26. The van der Waals surface area contributed by atoms with Gasteiger partial charge in [-0.2, -0.15) is 0 Å². The van der Waals surface area contributed by atoms with Crippen LogP contribution in [-0.2, 0) is 16.0 Å². The molecule has 3 amide bonds. The number of ether oxygens (including phenoxy) is 2. The van der Waals surface area contributed by atoms with Gasteiger partial charge < -0.3 is 14.8 Å². The number of aryl methyl sites for hydroxylation is 1. The molecule has 2 N–H and O–H groups in total. The number of para-hydroxylation sites is 1. The van der Waals surface area contributed by atoms with Crippen molar-refractivity contribution in [3.63, 3.8) is 0 Å². The van der Waals surface area contributed by atoms with Crippen molar-refractivity contribution in [1.29, 1.82) is 0 Å². The molecular weight excluding hydrogens is 367 g/mol. The second kappa shape index (κ2) is 8.08. The number of rotatable bonds is 7. The van der Waals surface area contributed by atoms with Crippen molar-refractivity contribution < 1.29 is 28.2 Å². The SMILES string of the molecule is C[C@@]1(CCc2ccc(OC(=O)COc3ccccc3F)cc2)NC(=O)NC1=O. The molecule has 146 valence electrons. The summed E-state index contributed by atoms with van der Waals surface area (Å²) in [7, 11) is 0. The molecular formula is C20H19FN2O5. The minimum atomic E-state index is -0.938. The van der Waals surface area contributed by atoms with Crippen molar-refractivity contribution in [2.75, 3.05) is 6.61 Å². The van der Waals surface area contributed by atoms with E-state index in [1.165, 1.54) is 18.2 Å². The van der Waals surface area contributed by atoms with E-state index in [1.54, 1.807) is 37.3 Å². The van der Waals surface area contributed by atoms with E-state index < -0.39 is 30.0 Å². The van der Waals surface area contributed by atoms with Gasteiger partial charge in [0.2, 0.25) is 0 Å². The van der Waals surface area contributed by atoms with Gasteiger partial charge in [0.05, 0.1) is 0 Å². The van der Waals surface area contributed by atoms with Crippen LogP contribution in [0.1, 0.15) is 18.9 Å². The van der Waals surface area contributed by atoms with Crippen molar-refractivity contribution in [3.8, 4) is 11.5 Å². The molecule has 0 aliphatic carbocycles. The number of urea groups is 1. The topological polar surface area (TPSA) is 93.7 Å². The Kier molecular flexibility index (Phi) is 5.58. The number of benzene rings is 2. The second-order valence-electron chi connectivity index (χ2n) is 6.58. The lowest BCUT2D eigenvalue weighted by atomic mass is 9.93. The summed E-state index contributed by atoms with van der Waals surface area (Å²) in [5.41, 5.74) is -0.0238. The number of esters is 1. The number of amides is 3. The fourth-order valence-electron chi connectivity index (χ4n) is 2.73. The molecule has 1 aliphatic heterocycles. The lowest BCUT2D eigenvalue weighted by Crippen LogP contribution is -2.43. The molecule has 0 saturated carbocycles. The first kappa shape index (κ1) is 19.3. The molecule has 2 aromatic carbocycles. The highest BCUT2D eigenvalue weighted by molar-refractivity contribution is 6.06. The molecule has 1 heterocycles. The Balaban J connectivity index is 1.49. The Morgan fingerprint density at radius 2 is 1.82 bits per heavy atom. The van der Waals surface area contributed by atoms with E-state index in [4.69, 9.17) is 9.47 Å². The van der Waals surface area contributed by atoms with Crippen LogP contribution >= 0.6 is 0 Å². The smallest absolute Gasteiger partial charge is 0.349 e. The zero-order valence-electron chi connectivity index (χ0n) is 15.2. The molecule has 0 unspecified atom stereocenters. The Bertz CT molecular complexity index is 900. The summed E-state index contributed by atoms with van der Waals surface area (Å²) in [4.78, 5) is 34.9. The predicted octanol–water partition coefficient (Wildman–Crippen LogP) is 2.34. The summed E-state index contributed by atoms with van der Waals surface area (Å²) in [6.45, 7) is 1.24. The Morgan fingerprint density at radius 3 is 2.46 bits per heavy atom. The van der Waals surface area contributed by atoms with Crippen molar-refractivity contribution in [1.82, 2.24) is 10.6 Å². The van der Waals surface area contributed by atoms with Crippen molar-refractivity contribution >= 4 is 17.9 Å². The third-order valence-electron chi connectivity index (χ3n) is 4.37.